The van der Waals surface area contributed by atoms with E-state index >= 15 is 0 Å². The van der Waals surface area contributed by atoms with Crippen molar-refractivity contribution in [3.63, 3.8) is 0 Å². The molecule has 7 nitrogen and oxygen atoms in total. The monoisotopic (exact) mass is 357 g/mol. The van der Waals surface area contributed by atoms with Crippen LogP contribution < -0.4 is 14.8 Å². The van der Waals surface area contributed by atoms with Gasteiger partial charge in [0.25, 0.3) is 5.91 Å². The van der Waals surface area contributed by atoms with Crippen molar-refractivity contribution in [2.24, 2.45) is 0 Å². The van der Waals surface area contributed by atoms with Crippen LogP contribution in [-0.4, -0.2) is 38.8 Å². The average molecular weight is 357 g/mol. The maximum atomic E-state index is 12.1. The van der Waals surface area contributed by atoms with E-state index in [9.17, 15) is 9.59 Å². The number of benzene rings is 2. The Morgan fingerprint density at radius 2 is 1.88 bits per heavy atom. The van der Waals surface area contributed by atoms with E-state index in [1.54, 1.807) is 43.5 Å². The molecule has 3 rings (SSSR count). The first-order chi connectivity index (χ1) is 12.7. The quantitative estimate of drug-likeness (QED) is 0.800. The van der Waals surface area contributed by atoms with Crippen LogP contribution in [0.5, 0.6) is 11.5 Å². The minimum Gasteiger partial charge on any atom is -0.486 e. The van der Waals surface area contributed by atoms with Gasteiger partial charge in [-0.25, -0.2) is 4.79 Å². The maximum Gasteiger partial charge on any atom is 0.338 e. The lowest BCUT2D eigenvalue weighted by atomic mass is 10.1. The summed E-state index contributed by atoms with van der Waals surface area (Å²) in [4.78, 5) is 24.1. The van der Waals surface area contributed by atoms with Gasteiger partial charge in [-0.15, -0.1) is 0 Å². The number of hydrogen-bond donors (Lipinski definition) is 1. The molecule has 0 bridgehead atoms. The number of hydrogen-bond acceptors (Lipinski definition) is 6. The topological polar surface area (TPSA) is 83.1 Å². The van der Waals surface area contributed by atoms with Crippen molar-refractivity contribution in [3.05, 3.63) is 53.6 Å². The summed E-state index contributed by atoms with van der Waals surface area (Å²) in [5, 5.41) is 2.66. The van der Waals surface area contributed by atoms with Gasteiger partial charge in [-0.05, 0) is 29.8 Å². The predicted molar refractivity (Wildman–Crippen MR) is 93.5 cm³/mol. The van der Waals surface area contributed by atoms with E-state index in [1.165, 1.54) is 0 Å². The van der Waals surface area contributed by atoms with E-state index in [0.717, 1.165) is 5.56 Å². The molecule has 1 aliphatic rings. The van der Waals surface area contributed by atoms with Crippen LogP contribution >= 0.6 is 0 Å². The largest absolute Gasteiger partial charge is 0.486 e. The Balaban J connectivity index is 1.54. The van der Waals surface area contributed by atoms with Gasteiger partial charge in [0.2, 0.25) is 0 Å². The summed E-state index contributed by atoms with van der Waals surface area (Å²) in [5.74, 6) is 0.195. The van der Waals surface area contributed by atoms with Crippen LogP contribution in [0, 0.1) is 0 Å². The number of anilines is 1. The number of amides is 1. The molecule has 0 aliphatic carbocycles. The molecule has 0 radical (unpaired) electrons. The Kier molecular flexibility index (Phi) is 5.70. The lowest BCUT2D eigenvalue weighted by molar-refractivity contribution is -0.119. The van der Waals surface area contributed by atoms with Crippen LogP contribution in [-0.2, 0) is 20.9 Å². The highest BCUT2D eigenvalue weighted by Gasteiger charge is 2.14. The third-order valence-electron chi connectivity index (χ3n) is 3.63. The second-order valence-electron chi connectivity index (χ2n) is 5.62. The van der Waals surface area contributed by atoms with E-state index in [0.29, 0.717) is 42.6 Å². The molecule has 1 heterocycles. The zero-order valence-corrected chi connectivity index (χ0v) is 14.3. The predicted octanol–water partition coefficient (Wildman–Crippen LogP) is 2.40. The van der Waals surface area contributed by atoms with Gasteiger partial charge in [-0.2, -0.15) is 0 Å². The van der Waals surface area contributed by atoms with Crippen LogP contribution in [0.3, 0.4) is 0 Å². The first-order valence-electron chi connectivity index (χ1n) is 8.10. The van der Waals surface area contributed by atoms with Crippen LogP contribution in [0.15, 0.2) is 42.5 Å². The summed E-state index contributed by atoms with van der Waals surface area (Å²) in [6, 6.07) is 12.0. The number of carbonyl (C=O) groups is 2. The van der Waals surface area contributed by atoms with Gasteiger partial charge >= 0.3 is 5.97 Å². The number of methoxy groups -OCH3 is 1. The Labute approximate surface area is 150 Å². The smallest absolute Gasteiger partial charge is 0.338 e. The minimum atomic E-state index is -0.569. The molecule has 0 atom stereocenters. The second kappa shape index (κ2) is 8.35. The molecule has 7 heteroatoms. The molecule has 1 aliphatic heterocycles. The second-order valence-corrected chi connectivity index (χ2v) is 5.62. The van der Waals surface area contributed by atoms with Crippen molar-refractivity contribution in [2.45, 2.75) is 6.61 Å². The van der Waals surface area contributed by atoms with Gasteiger partial charge < -0.3 is 24.3 Å². The van der Waals surface area contributed by atoms with Gasteiger partial charge in [0, 0.05) is 18.9 Å². The van der Waals surface area contributed by atoms with Crippen LogP contribution in [0.25, 0.3) is 0 Å². The molecule has 26 heavy (non-hydrogen) atoms. The van der Waals surface area contributed by atoms with E-state index in [-0.39, 0.29) is 6.61 Å². The number of esters is 1. The van der Waals surface area contributed by atoms with Gasteiger partial charge in [-0.1, -0.05) is 12.1 Å². The molecule has 1 N–H and O–H groups in total. The van der Waals surface area contributed by atoms with E-state index in [4.69, 9.17) is 18.9 Å². The number of ether oxygens (including phenoxy) is 4. The molecule has 0 spiro atoms. The summed E-state index contributed by atoms with van der Waals surface area (Å²) >= 11 is 0. The number of nitrogens with one attached hydrogen (secondary N) is 1. The highest BCUT2D eigenvalue weighted by Crippen LogP contribution is 2.32. The minimum absolute atomic E-state index is 0.367. The molecule has 136 valence electrons. The lowest BCUT2D eigenvalue weighted by Crippen LogP contribution is -2.21. The molecule has 0 unspecified atom stereocenters. The highest BCUT2D eigenvalue weighted by atomic mass is 16.6. The molecular formula is C19H19NO6. The molecule has 0 fully saturated rings. The molecule has 1 amide bonds. The lowest BCUT2D eigenvalue weighted by Gasteiger charge is -2.19. The normalized spacial score (nSPS) is 12.3. The Morgan fingerprint density at radius 3 is 2.69 bits per heavy atom. The van der Waals surface area contributed by atoms with Gasteiger partial charge in [0.1, 0.15) is 13.2 Å². The number of rotatable bonds is 6. The third kappa shape index (κ3) is 4.52. The summed E-state index contributed by atoms with van der Waals surface area (Å²) in [5.41, 5.74) is 1.76. The first-order valence-corrected chi connectivity index (χ1v) is 8.10. The van der Waals surface area contributed by atoms with Crippen molar-refractivity contribution in [1.82, 2.24) is 0 Å². The first kappa shape index (κ1) is 17.8. The fraction of sp³-hybridized carbons (Fsp3) is 0.263. The summed E-state index contributed by atoms with van der Waals surface area (Å²) < 4.78 is 21.0. The highest BCUT2D eigenvalue weighted by molar-refractivity contribution is 5.95. The van der Waals surface area contributed by atoms with Gasteiger partial charge in [0.05, 0.1) is 12.2 Å². The summed E-state index contributed by atoms with van der Waals surface area (Å²) in [6.07, 6.45) is 0. The van der Waals surface area contributed by atoms with Crippen molar-refractivity contribution < 1.29 is 28.5 Å². The standard InChI is InChI=1S/C19H19NO6/c1-23-11-13-3-2-4-14(9-13)19(22)26-12-18(21)20-15-5-6-16-17(10-15)25-8-7-24-16/h2-6,9-10H,7-8,11-12H2,1H3,(H,20,21). The van der Waals surface area contributed by atoms with Crippen molar-refractivity contribution in [2.75, 3.05) is 32.2 Å². The van der Waals surface area contributed by atoms with Crippen LogP contribution in [0.4, 0.5) is 5.69 Å². The molecule has 2 aromatic carbocycles. The SMILES string of the molecule is COCc1cccc(C(=O)OCC(=O)Nc2ccc3c(c2)OCCO3)c1. The maximum absolute atomic E-state index is 12.1. The Morgan fingerprint density at radius 1 is 1.08 bits per heavy atom. The third-order valence-corrected chi connectivity index (χ3v) is 3.63. The fourth-order valence-electron chi connectivity index (χ4n) is 2.49. The molecule has 0 saturated heterocycles. The van der Waals surface area contributed by atoms with Crippen LogP contribution in [0.1, 0.15) is 15.9 Å². The van der Waals surface area contributed by atoms with Gasteiger partial charge in [-0.3, -0.25) is 4.79 Å². The molecular weight excluding hydrogens is 338 g/mol. The molecule has 2 aromatic rings. The summed E-state index contributed by atoms with van der Waals surface area (Å²) in [7, 11) is 1.58. The van der Waals surface area contributed by atoms with Crippen molar-refractivity contribution in [3.8, 4) is 11.5 Å². The van der Waals surface area contributed by atoms with Gasteiger partial charge in [0.15, 0.2) is 18.1 Å². The number of fused-ring (bicyclic) bond motifs is 1. The fourth-order valence-corrected chi connectivity index (χ4v) is 2.49. The van der Waals surface area contributed by atoms with E-state index in [1.807, 2.05) is 6.07 Å². The zero-order valence-electron chi connectivity index (χ0n) is 14.3. The van der Waals surface area contributed by atoms with E-state index in [2.05, 4.69) is 5.32 Å². The Hall–Kier alpha value is -3.06. The van der Waals surface area contributed by atoms with Crippen molar-refractivity contribution >= 4 is 17.6 Å². The summed E-state index contributed by atoms with van der Waals surface area (Å²) in [6.45, 7) is 0.970. The zero-order chi connectivity index (χ0) is 18.4. The molecule has 0 aromatic heterocycles. The molecule has 0 saturated carbocycles. The van der Waals surface area contributed by atoms with E-state index < -0.39 is 11.9 Å². The van der Waals surface area contributed by atoms with Crippen LogP contribution in [0.2, 0.25) is 0 Å². The Bertz CT molecular complexity index is 804. The average Bonchev–Trinajstić information content (AvgIpc) is 2.66. The number of carbonyl (C=O) groups excluding carboxylic acids is 2. The van der Waals surface area contributed by atoms with Crippen molar-refractivity contribution in [1.29, 1.82) is 0 Å².